The van der Waals surface area contributed by atoms with Gasteiger partial charge in [0.05, 0.1) is 16.2 Å². The minimum absolute atomic E-state index is 0.134. The van der Waals surface area contributed by atoms with Crippen LogP contribution < -0.4 is 11.4 Å². The van der Waals surface area contributed by atoms with Gasteiger partial charge in [0.15, 0.2) is 0 Å². The molecule has 2 aromatic heterocycles. The predicted molar refractivity (Wildman–Crippen MR) is 81.8 cm³/mol. The third-order valence-electron chi connectivity index (χ3n) is 3.22. The molecule has 3 aromatic rings. The number of aromatic nitrogens is 5. The standard InChI is InChI=1S/C13H11F3N6OS/c1-6(24-12-21-20-11(22(12)17)13(14,15)16)9-18-8-5-3-2-4-7(8)10(23)19-9/h2-6H,17H2,1H3,(H,18,19,23)/t6-/m0/s1. The number of nitrogens with two attached hydrogens (primary N) is 1. The van der Waals surface area contributed by atoms with Crippen molar-refractivity contribution < 1.29 is 13.2 Å². The van der Waals surface area contributed by atoms with Crippen LogP contribution in [0.25, 0.3) is 10.9 Å². The molecule has 0 aliphatic carbocycles. The van der Waals surface area contributed by atoms with Gasteiger partial charge < -0.3 is 10.8 Å². The van der Waals surface area contributed by atoms with E-state index < -0.39 is 17.3 Å². The smallest absolute Gasteiger partial charge is 0.335 e. The molecule has 3 rings (SSSR count). The SMILES string of the molecule is C[C@H](Sc1nnc(C(F)(F)F)n1N)c1nc2ccccc2c(=O)[nH]1. The fourth-order valence-corrected chi connectivity index (χ4v) is 2.89. The topological polar surface area (TPSA) is 102 Å². The first-order valence-electron chi connectivity index (χ1n) is 6.70. The van der Waals surface area contributed by atoms with E-state index in [1.165, 1.54) is 0 Å². The van der Waals surface area contributed by atoms with Gasteiger partial charge in [0, 0.05) is 0 Å². The Kier molecular flexibility index (Phi) is 3.95. The molecule has 0 saturated carbocycles. The lowest BCUT2D eigenvalue weighted by molar-refractivity contribution is -0.146. The fraction of sp³-hybridized carbons (Fsp3) is 0.231. The molecule has 0 radical (unpaired) electrons. The van der Waals surface area contributed by atoms with E-state index in [-0.39, 0.29) is 10.7 Å². The predicted octanol–water partition coefficient (Wildman–Crippen LogP) is 2.10. The number of nitrogen functional groups attached to an aromatic ring is 1. The summed E-state index contributed by atoms with van der Waals surface area (Å²) >= 11 is 0.909. The van der Waals surface area contributed by atoms with E-state index in [1.54, 1.807) is 31.2 Å². The second-order valence-corrected chi connectivity index (χ2v) is 6.21. The average molecular weight is 356 g/mol. The summed E-state index contributed by atoms with van der Waals surface area (Å²) in [6.45, 7) is 1.67. The molecule has 2 heterocycles. The maximum atomic E-state index is 12.7. The van der Waals surface area contributed by atoms with Crippen LogP contribution in [0.15, 0.2) is 34.2 Å². The van der Waals surface area contributed by atoms with Crippen molar-refractivity contribution in [1.82, 2.24) is 24.8 Å². The normalized spacial score (nSPS) is 13.3. The number of H-pyrrole nitrogens is 1. The number of nitrogens with one attached hydrogen (secondary N) is 1. The molecule has 7 nitrogen and oxygen atoms in total. The zero-order valence-corrected chi connectivity index (χ0v) is 13.0. The molecule has 0 bridgehead atoms. The Morgan fingerprint density at radius 3 is 2.67 bits per heavy atom. The number of benzene rings is 1. The second-order valence-electron chi connectivity index (χ2n) is 4.90. The fourth-order valence-electron chi connectivity index (χ4n) is 2.06. The van der Waals surface area contributed by atoms with Crippen molar-refractivity contribution >= 4 is 22.7 Å². The van der Waals surface area contributed by atoms with Gasteiger partial charge in [-0.05, 0) is 19.1 Å². The highest BCUT2D eigenvalue weighted by atomic mass is 32.2. The quantitative estimate of drug-likeness (QED) is 0.550. The molecule has 3 N–H and O–H groups in total. The number of rotatable bonds is 3. The lowest BCUT2D eigenvalue weighted by Gasteiger charge is -2.11. The van der Waals surface area contributed by atoms with Crippen molar-refractivity contribution in [3.63, 3.8) is 0 Å². The Hall–Kier alpha value is -2.56. The van der Waals surface area contributed by atoms with Crippen LogP contribution in [0.2, 0.25) is 0 Å². The monoisotopic (exact) mass is 356 g/mol. The van der Waals surface area contributed by atoms with Gasteiger partial charge in [-0.3, -0.25) is 4.79 Å². The number of hydrogen-bond acceptors (Lipinski definition) is 6. The molecule has 0 amide bonds. The molecule has 0 fully saturated rings. The van der Waals surface area contributed by atoms with Crippen LogP contribution in [0.5, 0.6) is 0 Å². The Balaban J connectivity index is 1.92. The molecular formula is C13H11F3N6OS. The largest absolute Gasteiger partial charge is 0.453 e. The molecule has 0 aliphatic rings. The molecule has 1 atom stereocenters. The van der Waals surface area contributed by atoms with Gasteiger partial charge in [-0.15, -0.1) is 10.2 Å². The molecule has 24 heavy (non-hydrogen) atoms. The summed E-state index contributed by atoms with van der Waals surface area (Å²) in [6.07, 6.45) is -4.70. The zero-order valence-electron chi connectivity index (χ0n) is 12.2. The van der Waals surface area contributed by atoms with E-state index in [0.717, 1.165) is 11.8 Å². The van der Waals surface area contributed by atoms with Crippen molar-refractivity contribution in [3.05, 3.63) is 46.3 Å². The lowest BCUT2D eigenvalue weighted by Crippen LogP contribution is -2.21. The molecule has 0 aliphatic heterocycles. The third kappa shape index (κ3) is 2.94. The number of thioether (sulfide) groups is 1. The van der Waals surface area contributed by atoms with Gasteiger partial charge >= 0.3 is 6.18 Å². The zero-order chi connectivity index (χ0) is 17.5. The van der Waals surface area contributed by atoms with Crippen molar-refractivity contribution in [2.24, 2.45) is 0 Å². The van der Waals surface area contributed by atoms with Crippen LogP contribution in [-0.2, 0) is 6.18 Å². The first kappa shape index (κ1) is 16.3. The maximum Gasteiger partial charge on any atom is 0.453 e. The van der Waals surface area contributed by atoms with Crippen LogP contribution in [0.1, 0.15) is 23.8 Å². The number of nitrogens with zero attached hydrogens (tertiary/aromatic N) is 4. The van der Waals surface area contributed by atoms with Crippen molar-refractivity contribution in [2.45, 2.75) is 23.5 Å². The van der Waals surface area contributed by atoms with E-state index >= 15 is 0 Å². The van der Waals surface area contributed by atoms with E-state index in [1.807, 2.05) is 0 Å². The van der Waals surface area contributed by atoms with Gasteiger partial charge in [-0.2, -0.15) is 13.2 Å². The lowest BCUT2D eigenvalue weighted by atomic mass is 10.2. The maximum absolute atomic E-state index is 12.7. The highest BCUT2D eigenvalue weighted by Crippen LogP contribution is 2.34. The molecule has 1 aromatic carbocycles. The average Bonchev–Trinajstić information content (AvgIpc) is 2.88. The van der Waals surface area contributed by atoms with Crippen molar-refractivity contribution in [2.75, 3.05) is 5.84 Å². The summed E-state index contributed by atoms with van der Waals surface area (Å²) in [5, 5.41) is 6.30. The number of para-hydroxylation sites is 1. The van der Waals surface area contributed by atoms with E-state index in [9.17, 15) is 18.0 Å². The number of halogens is 3. The highest BCUT2D eigenvalue weighted by molar-refractivity contribution is 7.99. The van der Waals surface area contributed by atoms with Gasteiger partial charge in [0.1, 0.15) is 5.82 Å². The number of aromatic amines is 1. The molecule has 0 saturated heterocycles. The summed E-state index contributed by atoms with van der Waals surface area (Å²) < 4.78 is 38.4. The van der Waals surface area contributed by atoms with Gasteiger partial charge in [-0.1, -0.05) is 23.9 Å². The molecule has 11 heteroatoms. The summed E-state index contributed by atoms with van der Waals surface area (Å²) in [7, 11) is 0. The minimum Gasteiger partial charge on any atom is -0.335 e. The van der Waals surface area contributed by atoms with Crippen molar-refractivity contribution in [1.29, 1.82) is 0 Å². The summed E-state index contributed by atoms with van der Waals surface area (Å²) in [4.78, 5) is 19.0. The van der Waals surface area contributed by atoms with Crippen LogP contribution >= 0.6 is 11.8 Å². The molecule has 0 unspecified atom stereocenters. The minimum atomic E-state index is -4.70. The van der Waals surface area contributed by atoms with E-state index in [0.29, 0.717) is 21.4 Å². The highest BCUT2D eigenvalue weighted by Gasteiger charge is 2.38. The summed E-state index contributed by atoms with van der Waals surface area (Å²) in [5.41, 5.74) is 0.169. The Morgan fingerprint density at radius 2 is 2.00 bits per heavy atom. The summed E-state index contributed by atoms with van der Waals surface area (Å²) in [5.74, 6) is 4.41. The summed E-state index contributed by atoms with van der Waals surface area (Å²) in [6, 6.07) is 6.77. The molecule has 0 spiro atoms. The Bertz CT molecular complexity index is 951. The third-order valence-corrected chi connectivity index (χ3v) is 4.28. The van der Waals surface area contributed by atoms with Crippen LogP contribution in [0.3, 0.4) is 0 Å². The molecular weight excluding hydrogens is 345 g/mol. The Labute approximate surface area is 137 Å². The number of alkyl halides is 3. The Morgan fingerprint density at radius 1 is 1.29 bits per heavy atom. The first-order valence-corrected chi connectivity index (χ1v) is 7.58. The van der Waals surface area contributed by atoms with Gasteiger partial charge in [0.25, 0.3) is 11.4 Å². The number of fused-ring (bicyclic) bond motifs is 1. The van der Waals surface area contributed by atoms with Crippen LogP contribution in [0, 0.1) is 0 Å². The van der Waals surface area contributed by atoms with Crippen LogP contribution in [-0.4, -0.2) is 24.8 Å². The van der Waals surface area contributed by atoms with E-state index in [2.05, 4.69) is 20.2 Å². The van der Waals surface area contributed by atoms with E-state index in [4.69, 9.17) is 5.84 Å². The van der Waals surface area contributed by atoms with Crippen molar-refractivity contribution in [3.8, 4) is 0 Å². The van der Waals surface area contributed by atoms with Gasteiger partial charge in [-0.25, -0.2) is 9.66 Å². The number of hydrogen-bond donors (Lipinski definition) is 2. The second kappa shape index (κ2) is 5.82. The first-order chi connectivity index (χ1) is 11.3. The van der Waals surface area contributed by atoms with Crippen LogP contribution in [0.4, 0.5) is 13.2 Å². The van der Waals surface area contributed by atoms with Gasteiger partial charge in [0.2, 0.25) is 5.16 Å². The molecule has 126 valence electrons.